The van der Waals surface area contributed by atoms with Crippen LogP contribution in [0.4, 0.5) is 5.69 Å². The summed E-state index contributed by atoms with van der Waals surface area (Å²) >= 11 is 1.36. The highest BCUT2D eigenvalue weighted by Crippen LogP contribution is 2.22. The summed E-state index contributed by atoms with van der Waals surface area (Å²) in [6.45, 7) is 4.12. The molecule has 0 spiro atoms. The largest absolute Gasteiger partial charge is 0.473 e. The Kier molecular flexibility index (Phi) is 4.65. The first-order chi connectivity index (χ1) is 9.60. The number of rotatable bonds is 5. The Labute approximate surface area is 121 Å². The predicted octanol–water partition coefficient (Wildman–Crippen LogP) is 2.04. The highest BCUT2D eigenvalue weighted by molar-refractivity contribution is 7.09. The van der Waals surface area contributed by atoms with Crippen molar-refractivity contribution in [2.45, 2.75) is 26.5 Å². The fourth-order valence-corrected chi connectivity index (χ4v) is 2.15. The molecule has 2 rings (SSSR count). The number of aromatic nitrogens is 2. The van der Waals surface area contributed by atoms with Gasteiger partial charge in [-0.25, -0.2) is 9.97 Å². The Morgan fingerprint density at radius 1 is 1.55 bits per heavy atom. The summed E-state index contributed by atoms with van der Waals surface area (Å²) in [7, 11) is 0. The summed E-state index contributed by atoms with van der Waals surface area (Å²) in [5.74, 6) is 0.0904. The number of nitrogens with two attached hydrogens (primary N) is 1. The molecule has 0 atom stereocenters. The third kappa shape index (κ3) is 3.52. The number of hydrogen-bond donors (Lipinski definition) is 2. The van der Waals surface area contributed by atoms with Crippen molar-refractivity contribution < 1.29 is 9.53 Å². The van der Waals surface area contributed by atoms with E-state index in [0.29, 0.717) is 23.8 Å². The number of amides is 1. The van der Waals surface area contributed by atoms with Crippen molar-refractivity contribution in [1.29, 1.82) is 0 Å². The Bertz CT molecular complexity index is 598. The molecular weight excluding hydrogens is 276 g/mol. The lowest BCUT2D eigenvalue weighted by molar-refractivity contribution is 0.102. The molecule has 7 heteroatoms. The van der Waals surface area contributed by atoms with Gasteiger partial charge in [0.25, 0.3) is 5.91 Å². The van der Waals surface area contributed by atoms with Gasteiger partial charge >= 0.3 is 0 Å². The van der Waals surface area contributed by atoms with Crippen LogP contribution in [0.15, 0.2) is 23.7 Å². The van der Waals surface area contributed by atoms with Crippen LogP contribution in [0, 0.1) is 0 Å². The summed E-state index contributed by atoms with van der Waals surface area (Å²) < 4.78 is 5.54. The van der Waals surface area contributed by atoms with Gasteiger partial charge in [-0.05, 0) is 26.0 Å². The summed E-state index contributed by atoms with van der Waals surface area (Å²) in [5.41, 5.74) is 6.35. The smallest absolute Gasteiger partial charge is 0.275 e. The molecule has 0 saturated carbocycles. The molecule has 3 N–H and O–H groups in total. The molecule has 1 amide bonds. The molecule has 2 aromatic heterocycles. The first-order valence-electron chi connectivity index (χ1n) is 6.17. The minimum atomic E-state index is -0.303. The average molecular weight is 292 g/mol. The lowest BCUT2D eigenvalue weighted by Gasteiger charge is -2.12. The van der Waals surface area contributed by atoms with Crippen molar-refractivity contribution >= 4 is 22.9 Å². The van der Waals surface area contributed by atoms with Gasteiger partial charge in [-0.1, -0.05) is 0 Å². The fourth-order valence-electron chi connectivity index (χ4n) is 1.50. The second-order valence-corrected chi connectivity index (χ2v) is 5.25. The van der Waals surface area contributed by atoms with E-state index in [-0.39, 0.29) is 12.0 Å². The lowest BCUT2D eigenvalue weighted by Crippen LogP contribution is -2.15. The molecule has 0 aliphatic heterocycles. The number of pyridine rings is 1. The van der Waals surface area contributed by atoms with Crippen LogP contribution in [-0.2, 0) is 6.54 Å². The van der Waals surface area contributed by atoms with E-state index < -0.39 is 0 Å². The average Bonchev–Trinajstić information content (AvgIpc) is 2.89. The Hall–Kier alpha value is -1.99. The molecule has 0 aliphatic rings. The molecule has 0 unspecified atom stereocenters. The zero-order valence-electron chi connectivity index (χ0n) is 11.3. The maximum atomic E-state index is 12.1. The Morgan fingerprint density at radius 3 is 3.00 bits per heavy atom. The van der Waals surface area contributed by atoms with E-state index in [1.54, 1.807) is 23.7 Å². The molecule has 0 fully saturated rings. The topological polar surface area (TPSA) is 90.1 Å². The molecule has 6 nitrogen and oxygen atoms in total. The van der Waals surface area contributed by atoms with E-state index in [1.807, 2.05) is 13.8 Å². The van der Waals surface area contributed by atoms with E-state index in [1.165, 1.54) is 11.3 Å². The maximum absolute atomic E-state index is 12.1. The maximum Gasteiger partial charge on any atom is 0.275 e. The van der Waals surface area contributed by atoms with Crippen molar-refractivity contribution in [2.75, 3.05) is 5.32 Å². The van der Waals surface area contributed by atoms with Gasteiger partial charge in [0.15, 0.2) is 0 Å². The lowest BCUT2D eigenvalue weighted by atomic mass is 10.3. The quantitative estimate of drug-likeness (QED) is 0.880. The molecule has 2 heterocycles. The minimum Gasteiger partial charge on any atom is -0.473 e. The van der Waals surface area contributed by atoms with Crippen LogP contribution in [0.1, 0.15) is 29.3 Å². The van der Waals surface area contributed by atoms with Gasteiger partial charge in [-0.2, -0.15) is 0 Å². The first kappa shape index (κ1) is 14.4. The molecule has 0 radical (unpaired) electrons. The number of anilines is 1. The third-order valence-corrected chi connectivity index (χ3v) is 3.20. The molecule has 0 aliphatic carbocycles. The van der Waals surface area contributed by atoms with Gasteiger partial charge in [0, 0.05) is 18.1 Å². The molecule has 106 valence electrons. The van der Waals surface area contributed by atoms with Crippen LogP contribution in [0.5, 0.6) is 5.88 Å². The minimum absolute atomic E-state index is 0.0244. The normalized spacial score (nSPS) is 10.6. The summed E-state index contributed by atoms with van der Waals surface area (Å²) in [6.07, 6.45) is 1.59. The predicted molar refractivity (Wildman–Crippen MR) is 78.0 cm³/mol. The number of carbonyl (C=O) groups is 1. The Balaban J connectivity index is 2.15. The number of carbonyl (C=O) groups excluding carboxylic acids is 1. The Morgan fingerprint density at radius 2 is 2.35 bits per heavy atom. The van der Waals surface area contributed by atoms with Gasteiger partial charge < -0.3 is 15.8 Å². The van der Waals surface area contributed by atoms with E-state index in [0.717, 1.165) is 5.01 Å². The van der Waals surface area contributed by atoms with Gasteiger partial charge in [0.1, 0.15) is 16.4 Å². The number of nitrogens with one attached hydrogen (secondary N) is 1. The van der Waals surface area contributed by atoms with Crippen molar-refractivity contribution in [1.82, 2.24) is 9.97 Å². The van der Waals surface area contributed by atoms with Gasteiger partial charge in [0.2, 0.25) is 5.88 Å². The van der Waals surface area contributed by atoms with Crippen LogP contribution in [0.2, 0.25) is 0 Å². The summed E-state index contributed by atoms with van der Waals surface area (Å²) in [5, 5.41) is 5.15. The van der Waals surface area contributed by atoms with Gasteiger partial charge in [-0.3, -0.25) is 4.79 Å². The van der Waals surface area contributed by atoms with Gasteiger partial charge in [-0.15, -0.1) is 11.3 Å². The van der Waals surface area contributed by atoms with Crippen molar-refractivity contribution in [3.8, 4) is 5.88 Å². The molecule has 20 heavy (non-hydrogen) atoms. The van der Waals surface area contributed by atoms with Crippen LogP contribution in [0.25, 0.3) is 0 Å². The van der Waals surface area contributed by atoms with Crippen molar-refractivity contribution in [2.24, 2.45) is 5.73 Å². The monoisotopic (exact) mass is 292 g/mol. The van der Waals surface area contributed by atoms with Crippen LogP contribution >= 0.6 is 11.3 Å². The van der Waals surface area contributed by atoms with Crippen LogP contribution in [-0.4, -0.2) is 22.0 Å². The zero-order valence-corrected chi connectivity index (χ0v) is 12.1. The number of hydrogen-bond acceptors (Lipinski definition) is 6. The standard InChI is InChI=1S/C13H16N4O2S/c1-8(2)19-13-9(4-3-5-15-13)17-12(18)10-7-20-11(6-14)16-10/h3-5,7-8H,6,14H2,1-2H3,(H,17,18). The highest BCUT2D eigenvalue weighted by atomic mass is 32.1. The second-order valence-electron chi connectivity index (χ2n) is 4.31. The van der Waals surface area contributed by atoms with E-state index in [2.05, 4.69) is 15.3 Å². The SMILES string of the molecule is CC(C)Oc1ncccc1NC(=O)c1csc(CN)n1. The number of thiazole rings is 1. The molecular formula is C13H16N4O2S. The number of ether oxygens (including phenoxy) is 1. The van der Waals surface area contributed by atoms with Crippen molar-refractivity contribution in [3.63, 3.8) is 0 Å². The fraction of sp³-hybridized carbons (Fsp3) is 0.308. The molecule has 0 bridgehead atoms. The van der Waals surface area contributed by atoms with E-state index in [9.17, 15) is 4.79 Å². The van der Waals surface area contributed by atoms with Crippen LogP contribution < -0.4 is 15.8 Å². The van der Waals surface area contributed by atoms with E-state index in [4.69, 9.17) is 10.5 Å². The van der Waals surface area contributed by atoms with Crippen molar-refractivity contribution in [3.05, 3.63) is 34.4 Å². The zero-order chi connectivity index (χ0) is 14.5. The third-order valence-electron chi connectivity index (χ3n) is 2.33. The van der Waals surface area contributed by atoms with E-state index >= 15 is 0 Å². The summed E-state index contributed by atoms with van der Waals surface area (Å²) in [4.78, 5) is 20.3. The number of nitrogens with zero attached hydrogens (tertiary/aromatic N) is 2. The van der Waals surface area contributed by atoms with Crippen LogP contribution in [0.3, 0.4) is 0 Å². The molecule has 0 aromatic carbocycles. The molecule has 0 saturated heterocycles. The highest BCUT2D eigenvalue weighted by Gasteiger charge is 2.14. The van der Waals surface area contributed by atoms with Gasteiger partial charge in [0.05, 0.1) is 6.10 Å². The summed E-state index contributed by atoms with van der Waals surface area (Å²) in [6, 6.07) is 3.47. The second kappa shape index (κ2) is 6.44. The first-order valence-corrected chi connectivity index (χ1v) is 7.05. The molecule has 2 aromatic rings.